The zero-order chi connectivity index (χ0) is 19.8. The van der Waals surface area contributed by atoms with E-state index in [2.05, 4.69) is 10.3 Å². The summed E-state index contributed by atoms with van der Waals surface area (Å²) in [5, 5.41) is 21.8. The second-order valence-electron chi connectivity index (χ2n) is 5.77. The van der Waals surface area contributed by atoms with Crippen molar-refractivity contribution in [1.82, 2.24) is 4.98 Å². The third-order valence-corrected chi connectivity index (χ3v) is 4.07. The molecular formula is C20H23N3O4. The number of carbonyl (C=O) groups is 2. The van der Waals surface area contributed by atoms with Gasteiger partial charge in [0.1, 0.15) is 5.82 Å². The van der Waals surface area contributed by atoms with Crippen molar-refractivity contribution in [2.75, 3.05) is 16.8 Å². The summed E-state index contributed by atoms with van der Waals surface area (Å²) in [6.07, 6.45) is 1.88. The van der Waals surface area contributed by atoms with Crippen LogP contribution in [0.15, 0.2) is 59.9 Å². The number of aromatic nitrogens is 1. The zero-order valence-corrected chi connectivity index (χ0v) is 15.3. The predicted octanol–water partition coefficient (Wildman–Crippen LogP) is 3.35. The third kappa shape index (κ3) is 5.07. The number of pyridine rings is 1. The van der Waals surface area contributed by atoms with Crippen LogP contribution in [0, 0.1) is 0 Å². The molecule has 0 atom stereocenters. The molecule has 0 amide bonds. The second kappa shape index (κ2) is 9.38. The number of carboxylic acid groups (broad SMARTS) is 2. The Morgan fingerprint density at radius 1 is 1.04 bits per heavy atom. The lowest BCUT2D eigenvalue weighted by Crippen LogP contribution is -2.28. The molecule has 0 fully saturated rings. The molecule has 0 spiro atoms. The van der Waals surface area contributed by atoms with Crippen LogP contribution < -0.4 is 10.2 Å². The van der Waals surface area contributed by atoms with Gasteiger partial charge in [-0.25, -0.2) is 14.6 Å². The minimum atomic E-state index is -1.45. The van der Waals surface area contributed by atoms with Crippen LogP contribution in [-0.2, 0) is 16.1 Å². The van der Waals surface area contributed by atoms with Crippen LogP contribution in [0.5, 0.6) is 0 Å². The molecule has 3 N–H and O–H groups in total. The molecule has 0 saturated heterocycles. The average Bonchev–Trinajstić information content (AvgIpc) is 2.67. The maximum absolute atomic E-state index is 11.4. The van der Waals surface area contributed by atoms with Gasteiger partial charge in [0.05, 0.1) is 11.9 Å². The van der Waals surface area contributed by atoms with Gasteiger partial charge < -0.3 is 20.4 Å². The van der Waals surface area contributed by atoms with Crippen LogP contribution in [0.25, 0.3) is 0 Å². The molecular weight excluding hydrogens is 346 g/mol. The van der Waals surface area contributed by atoms with Gasteiger partial charge >= 0.3 is 11.9 Å². The number of carboxylic acids is 2. The Labute approximate surface area is 158 Å². The molecule has 1 heterocycles. The van der Waals surface area contributed by atoms with Crippen molar-refractivity contribution in [3.8, 4) is 0 Å². The molecule has 0 aliphatic carbocycles. The Bertz CT molecular complexity index is 801. The Morgan fingerprint density at radius 2 is 1.70 bits per heavy atom. The van der Waals surface area contributed by atoms with Gasteiger partial charge in [-0.3, -0.25) is 0 Å². The lowest BCUT2D eigenvalue weighted by atomic mass is 10.1. The van der Waals surface area contributed by atoms with E-state index in [-0.39, 0.29) is 12.1 Å². The Morgan fingerprint density at radius 3 is 2.19 bits per heavy atom. The van der Waals surface area contributed by atoms with E-state index < -0.39 is 17.5 Å². The fourth-order valence-electron chi connectivity index (χ4n) is 2.81. The smallest absolute Gasteiger partial charge is 0.344 e. The first-order valence-electron chi connectivity index (χ1n) is 8.69. The van der Waals surface area contributed by atoms with E-state index in [9.17, 15) is 19.8 Å². The lowest BCUT2D eigenvalue weighted by Gasteiger charge is -2.26. The highest BCUT2D eigenvalue weighted by Gasteiger charge is 2.25. The number of anilines is 2. The first-order valence-corrected chi connectivity index (χ1v) is 8.69. The number of aliphatic carboxylic acids is 2. The normalized spacial score (nSPS) is 10.1. The molecule has 0 radical (unpaired) electrons. The summed E-state index contributed by atoms with van der Waals surface area (Å²) >= 11 is 0. The number of hydrogen-bond acceptors (Lipinski definition) is 5. The maximum Gasteiger partial charge on any atom is 0.344 e. The van der Waals surface area contributed by atoms with E-state index in [1.165, 1.54) is 0 Å². The molecule has 0 saturated carbocycles. The topological polar surface area (TPSA) is 103 Å². The Balaban J connectivity index is 2.23. The van der Waals surface area contributed by atoms with E-state index in [1.54, 1.807) is 30.2 Å². The fraction of sp³-hybridized carbons (Fsp3) is 0.250. The van der Waals surface area contributed by atoms with Gasteiger partial charge in [-0.1, -0.05) is 37.3 Å². The largest absolute Gasteiger partial charge is 0.477 e. The number of allylic oxidation sites excluding steroid dienone is 1. The molecule has 2 aromatic rings. The molecule has 7 nitrogen and oxygen atoms in total. The van der Waals surface area contributed by atoms with Gasteiger partial charge in [0.2, 0.25) is 0 Å². The molecule has 142 valence electrons. The quantitative estimate of drug-likeness (QED) is 0.354. The summed E-state index contributed by atoms with van der Waals surface area (Å²) in [4.78, 5) is 28.8. The van der Waals surface area contributed by atoms with Crippen LogP contribution in [0.4, 0.5) is 11.5 Å². The maximum atomic E-state index is 11.4. The minimum Gasteiger partial charge on any atom is -0.477 e. The highest BCUT2D eigenvalue weighted by molar-refractivity contribution is 6.13. The number of hydrogen-bond donors (Lipinski definition) is 3. The Kier molecular flexibility index (Phi) is 6.93. The number of nitrogens with zero attached hydrogens (tertiary/aromatic N) is 2. The summed E-state index contributed by atoms with van der Waals surface area (Å²) in [6.45, 7) is 4.62. The van der Waals surface area contributed by atoms with Crippen LogP contribution in [0.3, 0.4) is 0 Å². The fourth-order valence-corrected chi connectivity index (χ4v) is 2.81. The standard InChI is InChI=1S/C20H23N3O4/c1-3-16(18(19(24)25)20(26)27)23(4-2)15-10-11-17(22-13-15)21-12-14-8-6-5-7-9-14/h5-11,13H,3-4,12H2,1-2H3,(H,21,22)(H,24,25)(H,26,27). The van der Waals surface area contributed by atoms with Crippen molar-refractivity contribution < 1.29 is 19.8 Å². The van der Waals surface area contributed by atoms with Crippen LogP contribution >= 0.6 is 0 Å². The average molecular weight is 369 g/mol. The van der Waals surface area contributed by atoms with Crippen LogP contribution in [-0.4, -0.2) is 33.7 Å². The van der Waals surface area contributed by atoms with E-state index in [0.717, 1.165) is 5.56 Å². The van der Waals surface area contributed by atoms with Gasteiger partial charge in [0.15, 0.2) is 5.57 Å². The summed E-state index contributed by atoms with van der Waals surface area (Å²) in [7, 11) is 0. The van der Waals surface area contributed by atoms with Gasteiger partial charge in [0.25, 0.3) is 0 Å². The summed E-state index contributed by atoms with van der Waals surface area (Å²) < 4.78 is 0. The molecule has 1 aromatic carbocycles. The highest BCUT2D eigenvalue weighted by atomic mass is 16.4. The highest BCUT2D eigenvalue weighted by Crippen LogP contribution is 2.24. The van der Waals surface area contributed by atoms with Crippen LogP contribution in [0.1, 0.15) is 25.8 Å². The zero-order valence-electron chi connectivity index (χ0n) is 15.3. The first kappa shape index (κ1) is 20.0. The van der Waals surface area contributed by atoms with Crippen molar-refractivity contribution in [1.29, 1.82) is 0 Å². The predicted molar refractivity (Wildman–Crippen MR) is 104 cm³/mol. The second-order valence-corrected chi connectivity index (χ2v) is 5.77. The molecule has 0 aliphatic heterocycles. The summed E-state index contributed by atoms with van der Waals surface area (Å²) in [5.74, 6) is -2.23. The lowest BCUT2D eigenvalue weighted by molar-refractivity contribution is -0.140. The number of nitrogens with one attached hydrogen (secondary N) is 1. The summed E-state index contributed by atoms with van der Waals surface area (Å²) in [6, 6.07) is 13.5. The number of benzene rings is 1. The van der Waals surface area contributed by atoms with E-state index >= 15 is 0 Å². The number of rotatable bonds is 9. The minimum absolute atomic E-state index is 0.240. The molecule has 27 heavy (non-hydrogen) atoms. The molecule has 7 heteroatoms. The van der Waals surface area contributed by atoms with Crippen molar-refractivity contribution in [3.63, 3.8) is 0 Å². The van der Waals surface area contributed by atoms with Gasteiger partial charge in [-0.15, -0.1) is 0 Å². The molecule has 0 unspecified atom stereocenters. The molecule has 1 aromatic heterocycles. The third-order valence-electron chi connectivity index (χ3n) is 4.07. The van der Waals surface area contributed by atoms with Crippen molar-refractivity contribution in [2.24, 2.45) is 0 Å². The Hall–Kier alpha value is -3.35. The summed E-state index contributed by atoms with van der Waals surface area (Å²) in [5.41, 5.74) is 1.39. The monoisotopic (exact) mass is 369 g/mol. The molecule has 0 bridgehead atoms. The van der Waals surface area contributed by atoms with Crippen LogP contribution in [0.2, 0.25) is 0 Å². The van der Waals surface area contributed by atoms with E-state index in [4.69, 9.17) is 0 Å². The van der Waals surface area contributed by atoms with Crippen molar-refractivity contribution in [3.05, 3.63) is 65.5 Å². The first-order chi connectivity index (χ1) is 13.0. The van der Waals surface area contributed by atoms with Gasteiger partial charge in [0, 0.05) is 18.8 Å². The SMILES string of the molecule is CCC(=C(C(=O)O)C(=O)O)N(CC)c1ccc(NCc2ccccc2)nc1. The molecule has 0 aliphatic rings. The van der Waals surface area contributed by atoms with Crippen molar-refractivity contribution >= 4 is 23.4 Å². The van der Waals surface area contributed by atoms with Gasteiger partial charge in [-0.05, 0) is 31.0 Å². The van der Waals surface area contributed by atoms with Gasteiger partial charge in [-0.2, -0.15) is 0 Å². The van der Waals surface area contributed by atoms with E-state index in [0.29, 0.717) is 24.6 Å². The molecule has 2 rings (SSSR count). The van der Waals surface area contributed by atoms with E-state index in [1.807, 2.05) is 37.3 Å². The van der Waals surface area contributed by atoms with Crippen molar-refractivity contribution in [2.45, 2.75) is 26.8 Å².